The van der Waals surface area contributed by atoms with Crippen molar-refractivity contribution < 1.29 is 14.4 Å². The van der Waals surface area contributed by atoms with E-state index in [-0.39, 0.29) is 11.3 Å². The molecule has 1 N–H and O–H groups in total. The number of aliphatic hydroxyl groups is 1. The van der Waals surface area contributed by atoms with Gasteiger partial charge >= 0.3 is 6.03 Å². The second kappa shape index (κ2) is 4.13. The van der Waals surface area contributed by atoms with Gasteiger partial charge in [-0.1, -0.05) is 37.5 Å². The molecule has 0 aliphatic carbocycles. The van der Waals surface area contributed by atoms with Gasteiger partial charge in [-0.3, -0.25) is 4.90 Å². The van der Waals surface area contributed by atoms with Gasteiger partial charge < -0.3 is 9.63 Å². The number of rotatable bonds is 1. The number of urea groups is 1. The number of hydrogen-bond donors (Lipinski definition) is 1. The van der Waals surface area contributed by atoms with E-state index < -0.39 is 17.8 Å². The molecule has 0 radical (unpaired) electrons. The second-order valence-corrected chi connectivity index (χ2v) is 5.80. The summed E-state index contributed by atoms with van der Waals surface area (Å²) in [4.78, 5) is 14.2. The molecule has 1 aromatic rings. The van der Waals surface area contributed by atoms with Crippen LogP contribution in [0.25, 0.3) is 0 Å². The lowest BCUT2D eigenvalue weighted by Crippen LogP contribution is -2.31. The van der Waals surface area contributed by atoms with Crippen LogP contribution in [0.1, 0.15) is 26.5 Å². The minimum atomic E-state index is -1.07. The molecule has 1 fully saturated rings. The Morgan fingerprint density at radius 1 is 1.50 bits per heavy atom. The summed E-state index contributed by atoms with van der Waals surface area (Å²) in [5.41, 5.74) is -0.349. The molecule has 100 valence electrons. The molecule has 6 nitrogen and oxygen atoms in total. The van der Waals surface area contributed by atoms with E-state index in [1.54, 1.807) is 6.07 Å². The Bertz CT molecular complexity index is 468. The molecule has 1 saturated heterocycles. The highest BCUT2D eigenvalue weighted by molar-refractivity contribution is 6.25. The average Bonchev–Trinajstić information content (AvgIpc) is 2.81. The van der Waals surface area contributed by atoms with Crippen molar-refractivity contribution in [1.29, 1.82) is 0 Å². The SMILES string of the molecule is CN1C(=O)N(c2cc(C(C)(C)C)no2)C(Cl)C1O. The summed E-state index contributed by atoms with van der Waals surface area (Å²) < 4.78 is 5.15. The molecule has 2 heterocycles. The number of alkyl halides is 1. The highest BCUT2D eigenvalue weighted by Crippen LogP contribution is 2.32. The first-order valence-electron chi connectivity index (χ1n) is 5.59. The summed E-state index contributed by atoms with van der Waals surface area (Å²) in [5, 5.41) is 13.6. The smallest absolute Gasteiger partial charge is 0.330 e. The number of hydrogen-bond acceptors (Lipinski definition) is 4. The van der Waals surface area contributed by atoms with Crippen molar-refractivity contribution in [3.63, 3.8) is 0 Å². The van der Waals surface area contributed by atoms with Crippen LogP contribution in [0.3, 0.4) is 0 Å². The summed E-state index contributed by atoms with van der Waals surface area (Å²) in [6, 6.07) is 1.25. The summed E-state index contributed by atoms with van der Waals surface area (Å²) in [7, 11) is 1.48. The number of likely N-dealkylation sites (N-methyl/N-ethyl adjacent to an activating group) is 1. The van der Waals surface area contributed by atoms with Crippen LogP contribution in [-0.2, 0) is 5.41 Å². The van der Waals surface area contributed by atoms with E-state index in [9.17, 15) is 9.90 Å². The van der Waals surface area contributed by atoms with E-state index in [4.69, 9.17) is 16.1 Å². The van der Waals surface area contributed by atoms with Crippen LogP contribution in [0.4, 0.5) is 10.7 Å². The number of amides is 2. The summed E-state index contributed by atoms with van der Waals surface area (Å²) in [6.07, 6.45) is -1.07. The minimum Gasteiger partial charge on any atom is -0.370 e. The molecule has 1 aliphatic rings. The number of anilines is 1. The fourth-order valence-corrected chi connectivity index (χ4v) is 2.00. The van der Waals surface area contributed by atoms with Gasteiger partial charge in [0, 0.05) is 18.5 Å². The molecule has 0 aromatic carbocycles. The fraction of sp³-hybridized carbons (Fsp3) is 0.636. The zero-order valence-electron chi connectivity index (χ0n) is 10.7. The Hall–Kier alpha value is -1.27. The Labute approximate surface area is 110 Å². The molecule has 18 heavy (non-hydrogen) atoms. The normalized spacial score (nSPS) is 25.1. The van der Waals surface area contributed by atoms with Crippen LogP contribution >= 0.6 is 11.6 Å². The van der Waals surface area contributed by atoms with Crippen molar-refractivity contribution in [2.45, 2.75) is 37.9 Å². The van der Waals surface area contributed by atoms with Crippen LogP contribution in [0.2, 0.25) is 0 Å². The first-order valence-corrected chi connectivity index (χ1v) is 6.02. The van der Waals surface area contributed by atoms with Crippen molar-refractivity contribution in [3.8, 4) is 0 Å². The van der Waals surface area contributed by atoms with Crippen molar-refractivity contribution in [2.75, 3.05) is 11.9 Å². The third kappa shape index (κ3) is 1.95. The van der Waals surface area contributed by atoms with Gasteiger partial charge in [-0.15, -0.1) is 0 Å². The lowest BCUT2D eigenvalue weighted by molar-refractivity contribution is 0.0740. The van der Waals surface area contributed by atoms with Gasteiger partial charge in [-0.2, -0.15) is 0 Å². The predicted molar refractivity (Wildman–Crippen MR) is 66.5 cm³/mol. The van der Waals surface area contributed by atoms with Gasteiger partial charge in [0.05, 0.1) is 5.69 Å². The first-order chi connectivity index (χ1) is 8.23. The maximum Gasteiger partial charge on any atom is 0.330 e. The Balaban J connectivity index is 2.33. The molecular weight excluding hydrogens is 258 g/mol. The zero-order valence-corrected chi connectivity index (χ0v) is 11.5. The van der Waals surface area contributed by atoms with E-state index in [0.29, 0.717) is 0 Å². The topological polar surface area (TPSA) is 69.8 Å². The number of carbonyl (C=O) groups is 1. The number of aliphatic hydroxyl groups excluding tert-OH is 1. The van der Waals surface area contributed by atoms with Crippen molar-refractivity contribution >= 4 is 23.5 Å². The Kier molecular flexibility index (Phi) is 3.03. The molecule has 0 spiro atoms. The molecule has 2 amide bonds. The lowest BCUT2D eigenvalue weighted by Gasteiger charge is -2.15. The Morgan fingerprint density at radius 3 is 2.50 bits per heavy atom. The third-order valence-corrected chi connectivity index (χ3v) is 3.32. The number of carbonyl (C=O) groups excluding carboxylic acids is 1. The van der Waals surface area contributed by atoms with Crippen molar-refractivity contribution in [2.24, 2.45) is 0 Å². The molecule has 1 aliphatic heterocycles. The fourth-order valence-electron chi connectivity index (χ4n) is 1.65. The summed E-state index contributed by atoms with van der Waals surface area (Å²) >= 11 is 6.00. The van der Waals surface area contributed by atoms with E-state index in [1.807, 2.05) is 20.8 Å². The maximum atomic E-state index is 11.9. The number of halogens is 1. The first kappa shape index (κ1) is 13.2. The predicted octanol–water partition coefficient (Wildman–Crippen LogP) is 1.73. The average molecular weight is 274 g/mol. The standard InChI is InChI=1S/C11H16ClN3O3/c1-11(2,3)6-5-7(18-13-6)15-8(12)9(16)14(4)10(15)17/h5,8-9,16H,1-4H3. The van der Waals surface area contributed by atoms with Crippen molar-refractivity contribution in [3.05, 3.63) is 11.8 Å². The van der Waals surface area contributed by atoms with Gasteiger partial charge in [0.25, 0.3) is 0 Å². The lowest BCUT2D eigenvalue weighted by atomic mass is 9.92. The van der Waals surface area contributed by atoms with Gasteiger partial charge in [0.1, 0.15) is 0 Å². The molecular formula is C11H16ClN3O3. The molecule has 7 heteroatoms. The second-order valence-electron chi connectivity index (χ2n) is 5.35. The van der Waals surface area contributed by atoms with Gasteiger partial charge in [-0.05, 0) is 0 Å². The monoisotopic (exact) mass is 273 g/mol. The van der Waals surface area contributed by atoms with E-state index >= 15 is 0 Å². The Morgan fingerprint density at radius 2 is 2.11 bits per heavy atom. The molecule has 2 unspecified atom stereocenters. The molecule has 1 aromatic heterocycles. The van der Waals surface area contributed by atoms with E-state index in [0.717, 1.165) is 10.6 Å². The maximum absolute atomic E-state index is 11.9. The summed E-state index contributed by atoms with van der Waals surface area (Å²) in [6.45, 7) is 5.96. The molecule has 0 saturated carbocycles. The highest BCUT2D eigenvalue weighted by Gasteiger charge is 2.44. The van der Waals surface area contributed by atoms with Crippen LogP contribution in [-0.4, -0.2) is 40.0 Å². The summed E-state index contributed by atoms with van der Waals surface area (Å²) in [5.74, 6) is 0.244. The van der Waals surface area contributed by atoms with Crippen LogP contribution < -0.4 is 4.90 Å². The zero-order chi connectivity index (χ0) is 13.7. The molecule has 0 bridgehead atoms. The highest BCUT2D eigenvalue weighted by atomic mass is 35.5. The van der Waals surface area contributed by atoms with Crippen molar-refractivity contribution in [1.82, 2.24) is 10.1 Å². The number of aromatic nitrogens is 1. The van der Waals surface area contributed by atoms with Crippen LogP contribution in [0.5, 0.6) is 0 Å². The largest absolute Gasteiger partial charge is 0.370 e. The number of nitrogens with zero attached hydrogens (tertiary/aromatic N) is 3. The van der Waals surface area contributed by atoms with E-state index in [2.05, 4.69) is 5.16 Å². The van der Waals surface area contributed by atoms with Gasteiger partial charge in [0.15, 0.2) is 11.7 Å². The third-order valence-electron chi connectivity index (χ3n) is 2.90. The van der Waals surface area contributed by atoms with Crippen LogP contribution in [0.15, 0.2) is 10.6 Å². The quantitative estimate of drug-likeness (QED) is 0.625. The van der Waals surface area contributed by atoms with Crippen LogP contribution in [0, 0.1) is 0 Å². The van der Waals surface area contributed by atoms with Gasteiger partial charge in [-0.25, -0.2) is 9.69 Å². The molecule has 2 atom stereocenters. The van der Waals surface area contributed by atoms with Gasteiger partial charge in [0.2, 0.25) is 5.88 Å². The molecule has 2 rings (SSSR count). The van der Waals surface area contributed by atoms with E-state index in [1.165, 1.54) is 11.9 Å². The minimum absolute atomic E-state index is 0.184.